The fraction of sp³-hybridized carbons (Fsp3) is 0.824. The van der Waals surface area contributed by atoms with Crippen LogP contribution in [0.15, 0.2) is 18.4 Å². The molecule has 0 aliphatic rings. The fourth-order valence-electron chi connectivity index (χ4n) is 2.58. The Kier molecular flexibility index (Phi) is 11.3. The molecule has 0 aliphatic heterocycles. The van der Waals surface area contributed by atoms with Crippen molar-refractivity contribution in [1.82, 2.24) is 0 Å². The van der Waals surface area contributed by atoms with Gasteiger partial charge in [0.2, 0.25) is 0 Å². The summed E-state index contributed by atoms with van der Waals surface area (Å²) in [5.41, 5.74) is 2.94. The first kappa shape index (κ1) is 18.7. The van der Waals surface area contributed by atoms with E-state index in [0.717, 1.165) is 6.42 Å². The van der Waals surface area contributed by atoms with Crippen LogP contribution in [-0.2, 0) is 4.43 Å². The Hall–Kier alpha value is -0.303. The molecule has 0 spiro atoms. The Labute approximate surface area is 122 Å². The topological polar surface area (TPSA) is 9.23 Å². The van der Waals surface area contributed by atoms with E-state index in [1.54, 1.807) is 0 Å². The molecule has 1 atom stereocenters. The minimum Gasteiger partial charge on any atom is -0.410 e. The molecule has 0 aromatic rings. The van der Waals surface area contributed by atoms with Gasteiger partial charge >= 0.3 is 0 Å². The first-order valence-electron chi connectivity index (χ1n) is 8.21. The van der Waals surface area contributed by atoms with Crippen molar-refractivity contribution in [2.75, 3.05) is 0 Å². The summed E-state index contributed by atoms with van der Waals surface area (Å²) in [5.74, 6) is 0. The molecule has 0 saturated carbocycles. The van der Waals surface area contributed by atoms with E-state index in [4.69, 9.17) is 4.43 Å². The van der Waals surface area contributed by atoms with Crippen LogP contribution in [-0.4, -0.2) is 14.4 Å². The summed E-state index contributed by atoms with van der Waals surface area (Å²) in [7, 11) is -1.49. The minimum absolute atomic E-state index is 0.255. The van der Waals surface area contributed by atoms with Gasteiger partial charge in [-0.25, -0.2) is 0 Å². The predicted molar refractivity (Wildman–Crippen MR) is 89.2 cm³/mol. The van der Waals surface area contributed by atoms with E-state index in [1.165, 1.54) is 50.2 Å². The molecule has 0 aliphatic carbocycles. The van der Waals surface area contributed by atoms with Crippen LogP contribution < -0.4 is 0 Å². The highest BCUT2D eigenvalue weighted by Crippen LogP contribution is 2.25. The first-order chi connectivity index (χ1) is 9.17. The summed E-state index contributed by atoms with van der Waals surface area (Å²) < 4.78 is 6.51. The third-order valence-electron chi connectivity index (χ3n) is 4.23. The standard InChI is InChI=1S/C17H34OSi/c1-6-11-12-13-14-16-17(15-7-2)18-19(8-3,9-4)10-5/h15,17H,2,6,8-14,16H2,1,3-5H3. The smallest absolute Gasteiger partial charge is 0.192 e. The lowest BCUT2D eigenvalue weighted by molar-refractivity contribution is 0.218. The molecule has 0 saturated heterocycles. The van der Waals surface area contributed by atoms with Gasteiger partial charge in [0.1, 0.15) is 0 Å². The van der Waals surface area contributed by atoms with Gasteiger partial charge in [0, 0.05) is 0 Å². The monoisotopic (exact) mass is 282 g/mol. The predicted octanol–water partition coefficient (Wildman–Crippen LogP) is 6.08. The second-order valence-electron chi connectivity index (χ2n) is 5.47. The molecule has 1 unspecified atom stereocenters. The molecule has 0 N–H and O–H groups in total. The van der Waals surface area contributed by atoms with Crippen molar-refractivity contribution >= 4 is 8.32 Å². The molecule has 1 nitrogen and oxygen atoms in total. The number of rotatable bonds is 12. The first-order valence-corrected chi connectivity index (χ1v) is 10.7. The second kappa shape index (κ2) is 11.5. The molecule has 0 aromatic heterocycles. The SMILES string of the molecule is C=C=CC(CCCCCCC)O[Si](CC)(CC)CC. The van der Waals surface area contributed by atoms with E-state index < -0.39 is 8.32 Å². The zero-order chi connectivity index (χ0) is 14.6. The maximum atomic E-state index is 6.51. The summed E-state index contributed by atoms with van der Waals surface area (Å²) >= 11 is 0. The average Bonchev–Trinajstić information content (AvgIpc) is 2.44. The average molecular weight is 283 g/mol. The Morgan fingerprint density at radius 1 is 1.00 bits per heavy atom. The largest absolute Gasteiger partial charge is 0.410 e. The Balaban J connectivity index is 4.27. The van der Waals surface area contributed by atoms with Crippen LogP contribution in [0.1, 0.15) is 66.2 Å². The van der Waals surface area contributed by atoms with E-state index in [-0.39, 0.29) is 6.10 Å². The Morgan fingerprint density at radius 2 is 1.58 bits per heavy atom. The lowest BCUT2D eigenvalue weighted by atomic mass is 10.1. The quantitative estimate of drug-likeness (QED) is 0.239. The van der Waals surface area contributed by atoms with Crippen LogP contribution in [0.5, 0.6) is 0 Å². The van der Waals surface area contributed by atoms with Gasteiger partial charge in [-0.05, 0) is 30.6 Å². The van der Waals surface area contributed by atoms with Gasteiger partial charge in [0.15, 0.2) is 8.32 Å². The van der Waals surface area contributed by atoms with Crippen molar-refractivity contribution in [3.8, 4) is 0 Å². The van der Waals surface area contributed by atoms with Gasteiger partial charge in [-0.3, -0.25) is 0 Å². The van der Waals surface area contributed by atoms with Crippen molar-refractivity contribution in [1.29, 1.82) is 0 Å². The molecule has 0 amide bonds. The number of unbranched alkanes of at least 4 members (excludes halogenated alkanes) is 4. The third kappa shape index (κ3) is 7.76. The number of hydrogen-bond acceptors (Lipinski definition) is 1. The van der Waals surface area contributed by atoms with Gasteiger partial charge in [-0.15, -0.1) is 5.73 Å². The third-order valence-corrected chi connectivity index (χ3v) is 8.90. The molecular formula is C17H34OSi. The molecule has 0 heterocycles. The highest BCUT2D eigenvalue weighted by atomic mass is 28.4. The lowest BCUT2D eigenvalue weighted by Crippen LogP contribution is -2.39. The molecular weight excluding hydrogens is 248 g/mol. The zero-order valence-corrected chi connectivity index (χ0v) is 14.6. The van der Waals surface area contributed by atoms with Gasteiger partial charge in [-0.2, -0.15) is 0 Å². The van der Waals surface area contributed by atoms with Crippen molar-refractivity contribution < 1.29 is 4.43 Å². The molecule has 0 aromatic carbocycles. The summed E-state index contributed by atoms with van der Waals surface area (Å²) in [5, 5.41) is 0. The van der Waals surface area contributed by atoms with Crippen molar-refractivity contribution in [2.45, 2.75) is 90.5 Å². The van der Waals surface area contributed by atoms with E-state index in [1.807, 2.05) is 6.08 Å². The molecule has 0 rings (SSSR count). The van der Waals surface area contributed by atoms with Crippen molar-refractivity contribution in [3.05, 3.63) is 18.4 Å². The van der Waals surface area contributed by atoms with E-state index in [0.29, 0.717) is 0 Å². The second-order valence-corrected chi connectivity index (χ2v) is 10.2. The minimum atomic E-state index is -1.49. The van der Waals surface area contributed by atoms with E-state index in [9.17, 15) is 0 Å². The van der Waals surface area contributed by atoms with Gasteiger partial charge in [0.25, 0.3) is 0 Å². The zero-order valence-electron chi connectivity index (χ0n) is 13.6. The highest BCUT2D eigenvalue weighted by Gasteiger charge is 2.31. The maximum absolute atomic E-state index is 6.51. The molecule has 19 heavy (non-hydrogen) atoms. The lowest BCUT2D eigenvalue weighted by Gasteiger charge is -2.32. The van der Waals surface area contributed by atoms with Crippen molar-refractivity contribution in [2.24, 2.45) is 0 Å². The molecule has 0 bridgehead atoms. The summed E-state index contributed by atoms with van der Waals surface area (Å²) in [6.07, 6.45) is 10.1. The van der Waals surface area contributed by atoms with Crippen LogP contribution in [0.2, 0.25) is 18.1 Å². The molecule has 0 fully saturated rings. The molecule has 0 radical (unpaired) electrons. The van der Waals surface area contributed by atoms with Crippen LogP contribution in [0, 0.1) is 0 Å². The Morgan fingerprint density at radius 3 is 2.05 bits per heavy atom. The summed E-state index contributed by atoms with van der Waals surface area (Å²) in [6.45, 7) is 12.8. The maximum Gasteiger partial charge on any atom is 0.192 e. The normalized spacial score (nSPS) is 13.1. The highest BCUT2D eigenvalue weighted by molar-refractivity contribution is 6.73. The van der Waals surface area contributed by atoms with E-state index >= 15 is 0 Å². The summed E-state index contributed by atoms with van der Waals surface area (Å²) in [6, 6.07) is 3.66. The van der Waals surface area contributed by atoms with Crippen LogP contribution >= 0.6 is 0 Å². The van der Waals surface area contributed by atoms with Gasteiger partial charge in [0.05, 0.1) is 6.10 Å². The van der Waals surface area contributed by atoms with Crippen LogP contribution in [0.3, 0.4) is 0 Å². The van der Waals surface area contributed by atoms with Crippen LogP contribution in [0.4, 0.5) is 0 Å². The molecule has 112 valence electrons. The molecule has 2 heteroatoms. The fourth-order valence-corrected chi connectivity index (χ4v) is 5.41. The summed E-state index contributed by atoms with van der Waals surface area (Å²) in [4.78, 5) is 0. The van der Waals surface area contributed by atoms with E-state index in [2.05, 4.69) is 40.0 Å². The Bertz CT molecular complexity index is 244. The number of hydrogen-bond donors (Lipinski definition) is 0. The van der Waals surface area contributed by atoms with Gasteiger partial charge < -0.3 is 4.43 Å². The van der Waals surface area contributed by atoms with Gasteiger partial charge in [-0.1, -0.05) is 66.4 Å². The van der Waals surface area contributed by atoms with Crippen molar-refractivity contribution in [3.63, 3.8) is 0 Å². The van der Waals surface area contributed by atoms with Crippen LogP contribution in [0.25, 0.3) is 0 Å².